The van der Waals surface area contributed by atoms with Gasteiger partial charge in [-0.3, -0.25) is 13.5 Å². The molecular weight excluding hydrogens is 356 g/mol. The molecule has 0 N–H and O–H groups in total. The largest absolute Gasteiger partial charge is 0.447 e. The summed E-state index contributed by atoms with van der Waals surface area (Å²) in [4.78, 5) is 4.61. The predicted molar refractivity (Wildman–Crippen MR) is 103 cm³/mol. The maximum absolute atomic E-state index is 5.99. The lowest BCUT2D eigenvalue weighted by Gasteiger charge is -2.03. The monoisotopic (exact) mass is 368 g/mol. The fourth-order valence-electron chi connectivity index (χ4n) is 3.84. The van der Waals surface area contributed by atoms with E-state index in [1.165, 1.54) is 0 Å². The fraction of sp³-hybridized carbons (Fsp3) is 0. The first-order valence-corrected chi connectivity index (χ1v) is 8.87. The normalized spacial score (nSPS) is 12.3. The van der Waals surface area contributed by atoms with E-state index < -0.39 is 0 Å². The number of fused-ring (bicyclic) bond motifs is 5. The lowest BCUT2D eigenvalue weighted by Crippen LogP contribution is -1.91. The highest BCUT2D eigenvalue weighted by Crippen LogP contribution is 2.28. The quantitative estimate of drug-likeness (QED) is 0.423. The fourth-order valence-corrected chi connectivity index (χ4v) is 3.84. The second-order valence-corrected chi connectivity index (χ2v) is 6.74. The number of aromatic nitrogens is 4. The Morgan fingerprint density at radius 2 is 1.54 bits per heavy atom. The van der Waals surface area contributed by atoms with Crippen molar-refractivity contribution in [1.82, 2.24) is 18.5 Å². The zero-order chi connectivity index (χ0) is 18.2. The summed E-state index contributed by atoms with van der Waals surface area (Å²) in [6, 6.07) is 14.0. The molecule has 0 unspecified atom stereocenters. The van der Waals surface area contributed by atoms with Gasteiger partial charge < -0.3 is 13.3 Å². The molecule has 0 saturated heterocycles. The number of benzene rings is 1. The Balaban J connectivity index is 1.45. The van der Waals surface area contributed by atoms with Gasteiger partial charge in [-0.2, -0.15) is 4.98 Å². The van der Waals surface area contributed by atoms with Crippen LogP contribution in [-0.2, 0) is 0 Å². The number of hydrogen-bond donors (Lipinski definition) is 0. The van der Waals surface area contributed by atoms with Gasteiger partial charge in [0.2, 0.25) is 17.3 Å². The zero-order valence-electron chi connectivity index (χ0n) is 14.4. The molecular formula is C21H12N4O3. The highest BCUT2D eigenvalue weighted by atomic mass is 16.4. The molecule has 0 fully saturated rings. The molecule has 28 heavy (non-hydrogen) atoms. The van der Waals surface area contributed by atoms with Gasteiger partial charge in [0.15, 0.2) is 0 Å². The Bertz CT molecular complexity index is 1630. The van der Waals surface area contributed by atoms with Crippen LogP contribution in [0.5, 0.6) is 0 Å². The molecule has 7 aromatic rings. The van der Waals surface area contributed by atoms with Crippen LogP contribution in [0, 0.1) is 0 Å². The van der Waals surface area contributed by atoms with E-state index in [2.05, 4.69) is 11.1 Å². The first kappa shape index (κ1) is 14.0. The van der Waals surface area contributed by atoms with E-state index in [1.54, 1.807) is 12.5 Å². The Morgan fingerprint density at radius 3 is 2.36 bits per heavy atom. The van der Waals surface area contributed by atoms with Crippen LogP contribution >= 0.6 is 0 Å². The molecule has 6 heterocycles. The van der Waals surface area contributed by atoms with Crippen LogP contribution in [0.2, 0.25) is 0 Å². The summed E-state index contributed by atoms with van der Waals surface area (Å²) in [6.45, 7) is 0. The van der Waals surface area contributed by atoms with E-state index in [4.69, 9.17) is 13.3 Å². The molecule has 0 atom stereocenters. The Morgan fingerprint density at radius 1 is 0.786 bits per heavy atom. The van der Waals surface area contributed by atoms with Crippen molar-refractivity contribution in [2.24, 2.45) is 0 Å². The molecule has 0 saturated carbocycles. The number of nitrogens with zero attached hydrogens (tertiary/aromatic N) is 4. The maximum atomic E-state index is 5.99. The molecule has 134 valence electrons. The number of oxazole rings is 1. The molecule has 7 heteroatoms. The summed E-state index contributed by atoms with van der Waals surface area (Å²) in [5.74, 6) is 1.18. The highest BCUT2D eigenvalue weighted by Gasteiger charge is 2.15. The van der Waals surface area contributed by atoms with Crippen molar-refractivity contribution in [1.29, 1.82) is 0 Å². The van der Waals surface area contributed by atoms with Gasteiger partial charge in [-0.15, -0.1) is 0 Å². The molecule has 1 aromatic carbocycles. The van der Waals surface area contributed by atoms with Gasteiger partial charge in [-0.1, -0.05) is 0 Å². The molecule has 0 aliphatic rings. The van der Waals surface area contributed by atoms with E-state index in [-0.39, 0.29) is 0 Å². The molecule has 7 nitrogen and oxygen atoms in total. The lowest BCUT2D eigenvalue weighted by molar-refractivity contribution is 0.543. The smallest absolute Gasteiger partial charge is 0.308 e. The lowest BCUT2D eigenvalue weighted by atomic mass is 10.2. The van der Waals surface area contributed by atoms with E-state index in [9.17, 15) is 0 Å². The molecule has 0 aliphatic carbocycles. The van der Waals surface area contributed by atoms with Gasteiger partial charge in [0.25, 0.3) is 0 Å². The van der Waals surface area contributed by atoms with Crippen molar-refractivity contribution in [2.45, 2.75) is 0 Å². The first-order chi connectivity index (χ1) is 13.8. The van der Waals surface area contributed by atoms with Crippen LogP contribution in [0.4, 0.5) is 0 Å². The van der Waals surface area contributed by atoms with E-state index in [0.29, 0.717) is 11.7 Å². The molecule has 7 rings (SSSR count). The third kappa shape index (κ3) is 1.70. The second kappa shape index (κ2) is 4.77. The van der Waals surface area contributed by atoms with Gasteiger partial charge in [0.1, 0.15) is 0 Å². The van der Waals surface area contributed by atoms with Crippen LogP contribution < -0.4 is 0 Å². The van der Waals surface area contributed by atoms with Crippen LogP contribution in [-0.4, -0.2) is 18.5 Å². The van der Waals surface area contributed by atoms with Crippen LogP contribution in [0.15, 0.2) is 86.8 Å². The van der Waals surface area contributed by atoms with Crippen molar-refractivity contribution in [2.75, 3.05) is 0 Å². The minimum absolute atomic E-state index is 0.534. The van der Waals surface area contributed by atoms with Crippen molar-refractivity contribution in [3.8, 4) is 11.6 Å². The third-order valence-electron chi connectivity index (χ3n) is 5.18. The minimum Gasteiger partial charge on any atom is -0.447 e. The van der Waals surface area contributed by atoms with Gasteiger partial charge in [0.05, 0.1) is 35.4 Å². The van der Waals surface area contributed by atoms with E-state index in [0.717, 1.165) is 38.9 Å². The Labute approximate surface area is 156 Å². The molecule has 0 radical (unpaired) electrons. The Kier molecular flexibility index (Phi) is 2.39. The van der Waals surface area contributed by atoms with Crippen LogP contribution in [0.3, 0.4) is 0 Å². The minimum atomic E-state index is 0.534. The molecule has 0 aliphatic heterocycles. The highest BCUT2D eigenvalue weighted by molar-refractivity contribution is 5.84. The van der Waals surface area contributed by atoms with Gasteiger partial charge >= 0.3 is 5.84 Å². The van der Waals surface area contributed by atoms with Crippen LogP contribution in [0.25, 0.3) is 50.6 Å². The van der Waals surface area contributed by atoms with Crippen molar-refractivity contribution >= 4 is 39.1 Å². The summed E-state index contributed by atoms with van der Waals surface area (Å²) in [5, 5.41) is 2.09. The molecule has 0 amide bonds. The van der Waals surface area contributed by atoms with Crippen molar-refractivity contribution in [3.05, 3.63) is 73.6 Å². The topological polar surface area (TPSA) is 66.6 Å². The summed E-state index contributed by atoms with van der Waals surface area (Å²) in [5.41, 5.74) is 4.39. The average Bonchev–Trinajstić information content (AvgIpc) is 3.46. The summed E-state index contributed by atoms with van der Waals surface area (Å²) < 4.78 is 23.0. The molecule has 0 spiro atoms. The summed E-state index contributed by atoms with van der Waals surface area (Å²) >= 11 is 0. The summed E-state index contributed by atoms with van der Waals surface area (Å²) in [6.07, 6.45) is 9.22. The number of furan rings is 2. The molecule has 0 bridgehead atoms. The average molecular weight is 368 g/mol. The second-order valence-electron chi connectivity index (χ2n) is 6.74. The van der Waals surface area contributed by atoms with Gasteiger partial charge in [-0.25, -0.2) is 0 Å². The summed E-state index contributed by atoms with van der Waals surface area (Å²) in [7, 11) is 0. The van der Waals surface area contributed by atoms with Gasteiger partial charge in [-0.05, 0) is 42.5 Å². The predicted octanol–water partition coefficient (Wildman–Crippen LogP) is 5.15. The van der Waals surface area contributed by atoms with Crippen molar-refractivity contribution < 1.29 is 13.3 Å². The SMILES string of the molecule is c1cc2ccn(-c3ccc4nc5oc(-n6ccc7ccoc76)cn5c4c3)c2o1. The van der Waals surface area contributed by atoms with Crippen molar-refractivity contribution in [3.63, 3.8) is 0 Å². The number of rotatable bonds is 2. The standard InChI is InChI=1S/C21H12N4O3/c1-2-16-17(11-15(1)23-7-3-13-5-9-26-19(13)23)25-12-18(28-21(25)22-16)24-8-4-14-6-10-27-20(14)24/h1-12H. The number of hydrogen-bond acceptors (Lipinski definition) is 4. The molecule has 6 aromatic heterocycles. The first-order valence-electron chi connectivity index (χ1n) is 8.87. The Hall–Kier alpha value is -4.13. The van der Waals surface area contributed by atoms with E-state index >= 15 is 0 Å². The number of imidazole rings is 1. The van der Waals surface area contributed by atoms with Crippen LogP contribution in [0.1, 0.15) is 0 Å². The maximum Gasteiger partial charge on any atom is 0.308 e. The van der Waals surface area contributed by atoms with E-state index in [1.807, 2.05) is 68.5 Å². The zero-order valence-corrected chi connectivity index (χ0v) is 14.4. The van der Waals surface area contributed by atoms with Gasteiger partial charge in [0, 0.05) is 23.2 Å². The third-order valence-corrected chi connectivity index (χ3v) is 5.18.